The fraction of sp³-hybridized carbons (Fsp3) is 0.208. The van der Waals surface area contributed by atoms with Crippen molar-refractivity contribution in [1.29, 1.82) is 0 Å². The Morgan fingerprint density at radius 3 is 2.36 bits per heavy atom. The van der Waals surface area contributed by atoms with Crippen molar-refractivity contribution in [3.63, 3.8) is 0 Å². The van der Waals surface area contributed by atoms with Crippen molar-refractivity contribution in [3.8, 4) is 11.5 Å². The third kappa shape index (κ3) is 5.35. The van der Waals surface area contributed by atoms with Gasteiger partial charge in [0.05, 0.1) is 15.6 Å². The second kappa shape index (κ2) is 9.91. The quantitative estimate of drug-likeness (QED) is 0.510. The summed E-state index contributed by atoms with van der Waals surface area (Å²) in [5, 5.41) is 2.66. The highest BCUT2D eigenvalue weighted by molar-refractivity contribution is 7.89. The van der Waals surface area contributed by atoms with Crippen LogP contribution in [-0.2, 0) is 14.8 Å². The Balaban J connectivity index is 1.40. The summed E-state index contributed by atoms with van der Waals surface area (Å²) in [5.74, 6) is -0.0505. The van der Waals surface area contributed by atoms with Crippen molar-refractivity contribution in [2.45, 2.75) is 17.7 Å². The Hall–Kier alpha value is -2.94. The van der Waals surface area contributed by atoms with Gasteiger partial charge in [-0.1, -0.05) is 41.9 Å². The second-order valence-corrected chi connectivity index (χ2v) is 10.00. The smallest absolute Gasteiger partial charge is 0.243 e. The van der Waals surface area contributed by atoms with Gasteiger partial charge in [-0.3, -0.25) is 4.79 Å². The van der Waals surface area contributed by atoms with E-state index in [0.29, 0.717) is 30.0 Å². The molecule has 0 aliphatic carbocycles. The van der Waals surface area contributed by atoms with E-state index in [2.05, 4.69) is 5.32 Å². The lowest BCUT2D eigenvalue weighted by Crippen LogP contribution is -2.41. The van der Waals surface area contributed by atoms with E-state index >= 15 is 0 Å². The summed E-state index contributed by atoms with van der Waals surface area (Å²) in [6, 6.07) is 19.7. The number of ether oxygens (including phenoxy) is 1. The Morgan fingerprint density at radius 2 is 1.67 bits per heavy atom. The predicted molar refractivity (Wildman–Crippen MR) is 124 cm³/mol. The molecule has 3 aromatic rings. The topological polar surface area (TPSA) is 75.7 Å². The molecule has 0 aromatic heterocycles. The lowest BCUT2D eigenvalue weighted by atomic mass is 9.97. The zero-order chi connectivity index (χ0) is 23.4. The number of para-hydroxylation sites is 3. The van der Waals surface area contributed by atoms with Gasteiger partial charge >= 0.3 is 0 Å². The summed E-state index contributed by atoms with van der Waals surface area (Å²) in [6.45, 7) is 0.356. The average molecular weight is 489 g/mol. The number of carbonyl (C=O) groups is 1. The number of piperidine rings is 1. The molecule has 0 spiro atoms. The van der Waals surface area contributed by atoms with Gasteiger partial charge in [-0.15, -0.1) is 0 Å². The third-order valence-electron chi connectivity index (χ3n) is 5.47. The summed E-state index contributed by atoms with van der Waals surface area (Å²) >= 11 is 5.74. The van der Waals surface area contributed by atoms with Crippen molar-refractivity contribution >= 4 is 33.2 Å². The minimum Gasteiger partial charge on any atom is -0.455 e. The standard InChI is InChI=1S/C24H22ClFN2O4S/c25-20-16-19(10-11-21(20)26)33(30,31)28-14-12-17(13-15-28)24(29)27-22-8-4-5-9-23(22)32-18-6-2-1-3-7-18/h1-11,16-17H,12-15H2,(H,27,29). The van der Waals surface area contributed by atoms with Crippen LogP contribution in [0, 0.1) is 11.7 Å². The van der Waals surface area contributed by atoms with E-state index in [4.69, 9.17) is 16.3 Å². The molecule has 0 saturated carbocycles. The van der Waals surface area contributed by atoms with Gasteiger partial charge in [0.15, 0.2) is 5.75 Å². The lowest BCUT2D eigenvalue weighted by molar-refractivity contribution is -0.120. The molecular weight excluding hydrogens is 467 g/mol. The van der Waals surface area contributed by atoms with Gasteiger partial charge in [0.2, 0.25) is 15.9 Å². The van der Waals surface area contributed by atoms with Gasteiger partial charge in [-0.25, -0.2) is 12.8 Å². The van der Waals surface area contributed by atoms with Gasteiger partial charge in [-0.05, 0) is 55.3 Å². The molecule has 1 saturated heterocycles. The summed E-state index contributed by atoms with van der Waals surface area (Å²) in [7, 11) is -3.82. The first-order valence-corrected chi connectivity index (χ1v) is 12.2. The maximum atomic E-state index is 13.4. The summed E-state index contributed by atoms with van der Waals surface area (Å²) in [5.41, 5.74) is 0.544. The van der Waals surface area contributed by atoms with Gasteiger partial charge in [0.1, 0.15) is 11.6 Å². The summed E-state index contributed by atoms with van der Waals surface area (Å²) in [6.07, 6.45) is 0.726. The van der Waals surface area contributed by atoms with Gasteiger partial charge < -0.3 is 10.1 Å². The number of hydrogen-bond acceptors (Lipinski definition) is 4. The predicted octanol–water partition coefficient (Wildman–Crippen LogP) is 5.31. The number of anilines is 1. The molecular formula is C24H22ClFN2O4S. The van der Waals surface area contributed by atoms with Crippen LogP contribution in [0.4, 0.5) is 10.1 Å². The van der Waals surface area contributed by atoms with Crippen LogP contribution in [0.25, 0.3) is 0 Å². The lowest BCUT2D eigenvalue weighted by Gasteiger charge is -2.30. The Bertz CT molecular complexity index is 1250. The van der Waals surface area contributed by atoms with Crippen molar-refractivity contribution in [2.24, 2.45) is 5.92 Å². The van der Waals surface area contributed by atoms with Crippen molar-refractivity contribution < 1.29 is 22.3 Å². The van der Waals surface area contributed by atoms with Crippen LogP contribution >= 0.6 is 11.6 Å². The van der Waals surface area contributed by atoms with E-state index < -0.39 is 15.8 Å². The number of nitrogens with zero attached hydrogens (tertiary/aromatic N) is 1. The second-order valence-electron chi connectivity index (χ2n) is 7.65. The van der Waals surface area contributed by atoms with E-state index in [-0.39, 0.29) is 34.8 Å². The third-order valence-corrected chi connectivity index (χ3v) is 7.65. The van der Waals surface area contributed by atoms with Crippen molar-refractivity contribution in [3.05, 3.63) is 83.6 Å². The number of amides is 1. The highest BCUT2D eigenvalue weighted by atomic mass is 35.5. The monoisotopic (exact) mass is 488 g/mol. The number of hydrogen-bond donors (Lipinski definition) is 1. The van der Waals surface area contributed by atoms with E-state index in [9.17, 15) is 17.6 Å². The molecule has 1 N–H and O–H groups in total. The minimum absolute atomic E-state index is 0.0659. The SMILES string of the molecule is O=C(Nc1ccccc1Oc1ccccc1)C1CCN(S(=O)(=O)c2ccc(F)c(Cl)c2)CC1. The molecule has 0 atom stereocenters. The average Bonchev–Trinajstić information content (AvgIpc) is 2.83. The van der Waals surface area contributed by atoms with E-state index in [1.165, 1.54) is 10.4 Å². The van der Waals surface area contributed by atoms with E-state index in [1.807, 2.05) is 36.4 Å². The van der Waals surface area contributed by atoms with Crippen LogP contribution in [0.2, 0.25) is 5.02 Å². The number of nitrogens with one attached hydrogen (secondary N) is 1. The largest absolute Gasteiger partial charge is 0.455 e. The first-order chi connectivity index (χ1) is 15.8. The van der Waals surface area contributed by atoms with Crippen molar-refractivity contribution in [2.75, 3.05) is 18.4 Å². The van der Waals surface area contributed by atoms with E-state index in [1.54, 1.807) is 18.2 Å². The first-order valence-electron chi connectivity index (χ1n) is 10.4. The molecule has 1 fully saturated rings. The number of sulfonamides is 1. The van der Waals surface area contributed by atoms with Gasteiger partial charge in [0.25, 0.3) is 0 Å². The fourth-order valence-electron chi connectivity index (χ4n) is 3.65. The van der Waals surface area contributed by atoms with Gasteiger partial charge in [0, 0.05) is 19.0 Å². The fourth-order valence-corrected chi connectivity index (χ4v) is 5.40. The van der Waals surface area contributed by atoms with Crippen LogP contribution in [0.5, 0.6) is 11.5 Å². The molecule has 1 heterocycles. The normalized spacial score (nSPS) is 15.2. The van der Waals surface area contributed by atoms with Crippen molar-refractivity contribution in [1.82, 2.24) is 4.31 Å². The number of benzene rings is 3. The molecule has 33 heavy (non-hydrogen) atoms. The first kappa shape index (κ1) is 23.2. The molecule has 3 aromatic carbocycles. The van der Waals surface area contributed by atoms with Gasteiger partial charge in [-0.2, -0.15) is 4.31 Å². The molecule has 6 nitrogen and oxygen atoms in total. The molecule has 172 valence electrons. The maximum absolute atomic E-state index is 13.4. The molecule has 4 rings (SSSR count). The zero-order valence-corrected chi connectivity index (χ0v) is 19.2. The van der Waals surface area contributed by atoms with Crippen LogP contribution in [0.3, 0.4) is 0 Å². The highest BCUT2D eigenvalue weighted by Crippen LogP contribution is 2.31. The molecule has 0 radical (unpaired) electrons. The highest BCUT2D eigenvalue weighted by Gasteiger charge is 2.32. The molecule has 1 aliphatic rings. The molecule has 9 heteroatoms. The van der Waals surface area contributed by atoms with Crippen LogP contribution in [0.15, 0.2) is 77.7 Å². The number of rotatable bonds is 6. The number of carbonyl (C=O) groups excluding carboxylic acids is 1. The molecule has 1 aliphatic heterocycles. The Labute approximate surface area is 197 Å². The van der Waals surface area contributed by atoms with Crippen LogP contribution < -0.4 is 10.1 Å². The van der Waals surface area contributed by atoms with E-state index in [0.717, 1.165) is 12.1 Å². The zero-order valence-electron chi connectivity index (χ0n) is 17.6. The van der Waals surface area contributed by atoms with Crippen LogP contribution in [0.1, 0.15) is 12.8 Å². The Kier molecular flexibility index (Phi) is 6.97. The summed E-state index contributed by atoms with van der Waals surface area (Å²) < 4.78 is 46.3. The minimum atomic E-state index is -3.82. The molecule has 1 amide bonds. The number of halogens is 2. The van der Waals surface area contributed by atoms with Crippen LogP contribution in [-0.4, -0.2) is 31.7 Å². The summed E-state index contributed by atoms with van der Waals surface area (Å²) in [4.78, 5) is 12.8. The Morgan fingerprint density at radius 1 is 1.00 bits per heavy atom. The molecule has 0 bridgehead atoms. The molecule has 0 unspecified atom stereocenters. The maximum Gasteiger partial charge on any atom is 0.243 e.